The molecule has 1 aromatic carbocycles. The summed E-state index contributed by atoms with van der Waals surface area (Å²) in [5.41, 5.74) is 0.717. The Kier molecular flexibility index (Phi) is 6.30. The van der Waals surface area contributed by atoms with Crippen molar-refractivity contribution in [1.82, 2.24) is 0 Å². The Morgan fingerprint density at radius 3 is 2.33 bits per heavy atom. The fraction of sp³-hybridized carbons (Fsp3) is 0.273. The Bertz CT molecular complexity index is 466. The zero-order chi connectivity index (χ0) is 13.8. The molecule has 0 aliphatic rings. The minimum absolute atomic E-state index is 0.285. The Morgan fingerprint density at radius 1 is 1.39 bits per heavy atom. The van der Waals surface area contributed by atoms with Gasteiger partial charge in [0.2, 0.25) is 0 Å². The molecule has 0 spiro atoms. The van der Waals surface area contributed by atoms with Crippen molar-refractivity contribution in [1.29, 1.82) is 0 Å². The van der Waals surface area contributed by atoms with Crippen LogP contribution in [0.25, 0.3) is 5.03 Å². The van der Waals surface area contributed by atoms with Crippen molar-refractivity contribution in [3.63, 3.8) is 0 Å². The average molecular weight is 403 g/mol. The van der Waals surface area contributed by atoms with E-state index in [0.717, 1.165) is 9.13 Å². The summed E-state index contributed by atoms with van der Waals surface area (Å²) in [5.74, 6) is -1.40. The van der Waals surface area contributed by atoms with Gasteiger partial charge in [-0.15, -0.1) is 0 Å². The minimum atomic E-state index is -3.56. The van der Waals surface area contributed by atoms with E-state index in [1.54, 1.807) is 12.1 Å². The zero-order valence-electron chi connectivity index (χ0n) is 9.84. The molecule has 0 fully saturated rings. The Balaban J connectivity index is 2.96. The molecule has 0 aliphatic heterocycles. The minimum Gasteiger partial charge on any atom is -0.377 e. The van der Waals surface area contributed by atoms with Gasteiger partial charge in [-0.1, -0.05) is 23.7 Å². The molecule has 0 heterocycles. The van der Waals surface area contributed by atoms with Gasteiger partial charge in [-0.25, -0.2) is 0 Å². The summed E-state index contributed by atoms with van der Waals surface area (Å²) in [5, 5.41) is 10.1. The molecule has 1 N–H and O–H groups in total. The summed E-state index contributed by atoms with van der Waals surface area (Å²) in [6, 6.07) is 7.37. The fourth-order valence-corrected chi connectivity index (χ4v) is 2.82. The molecule has 0 aliphatic carbocycles. The maximum absolute atomic E-state index is 11.9. The second-order valence-electron chi connectivity index (χ2n) is 3.34. The van der Waals surface area contributed by atoms with Crippen LogP contribution in [0.1, 0.15) is 5.56 Å². The van der Waals surface area contributed by atoms with Crippen LogP contribution >= 0.6 is 41.8 Å². The number of hydrogen-bond acceptors (Lipinski definition) is 4. The molecule has 0 amide bonds. The Morgan fingerprint density at radius 2 is 1.89 bits per heavy atom. The van der Waals surface area contributed by atoms with E-state index in [-0.39, 0.29) is 5.03 Å². The first kappa shape index (κ1) is 16.1. The smallest absolute Gasteiger partial charge is 0.362 e. The molecule has 0 radical (unpaired) electrons. The molecule has 0 saturated heterocycles. The predicted octanol–water partition coefficient (Wildman–Crippen LogP) is 3.68. The molecule has 4 nitrogen and oxygen atoms in total. The first-order chi connectivity index (χ1) is 8.42. The molecule has 18 heavy (non-hydrogen) atoms. The molecule has 0 bridgehead atoms. The van der Waals surface area contributed by atoms with Crippen molar-refractivity contribution < 1.29 is 18.7 Å². The van der Waals surface area contributed by atoms with E-state index in [1.807, 2.05) is 12.1 Å². The van der Waals surface area contributed by atoms with E-state index >= 15 is 0 Å². The van der Waals surface area contributed by atoms with Gasteiger partial charge >= 0.3 is 7.60 Å². The molecule has 0 aromatic heterocycles. The highest BCUT2D eigenvalue weighted by Gasteiger charge is 2.30. The molecular weight excluding hydrogens is 389 g/mol. The normalized spacial score (nSPS) is 14.6. The third-order valence-corrected chi connectivity index (χ3v) is 5.13. The zero-order valence-corrected chi connectivity index (χ0v) is 13.6. The van der Waals surface area contributed by atoms with Crippen molar-refractivity contribution in [2.75, 3.05) is 14.2 Å². The summed E-state index contributed by atoms with van der Waals surface area (Å²) < 4.78 is 22.3. The fourth-order valence-electron chi connectivity index (χ4n) is 1.22. The highest BCUT2D eigenvalue weighted by atomic mass is 127. The van der Waals surface area contributed by atoms with Crippen molar-refractivity contribution >= 4 is 46.8 Å². The third-order valence-electron chi connectivity index (χ3n) is 2.25. The van der Waals surface area contributed by atoms with Gasteiger partial charge in [0, 0.05) is 22.8 Å². The lowest BCUT2D eigenvalue weighted by Gasteiger charge is -2.17. The van der Waals surface area contributed by atoms with Gasteiger partial charge in [0.05, 0.1) is 0 Å². The summed E-state index contributed by atoms with van der Waals surface area (Å²) in [4.78, 5) is 0. The first-order valence-electron chi connectivity index (χ1n) is 4.95. The Hall–Kier alpha value is 0.0900. The van der Waals surface area contributed by atoms with Crippen LogP contribution in [0, 0.1) is 3.57 Å². The standard InChI is InChI=1S/C11H13ClIO4P/c1-16-18(15,17-2)11(14)7-10(12)8-3-5-9(13)6-4-8/h3-7,11,14H,1-2H3/b10-7+/t11-/m1/s1. The van der Waals surface area contributed by atoms with E-state index in [1.165, 1.54) is 20.3 Å². The van der Waals surface area contributed by atoms with Gasteiger partial charge in [-0.2, -0.15) is 0 Å². The quantitative estimate of drug-likeness (QED) is 0.603. The maximum atomic E-state index is 11.9. The predicted molar refractivity (Wildman–Crippen MR) is 80.6 cm³/mol. The van der Waals surface area contributed by atoms with Gasteiger partial charge in [0.25, 0.3) is 0 Å². The lowest BCUT2D eigenvalue weighted by atomic mass is 10.2. The van der Waals surface area contributed by atoms with E-state index in [0.29, 0.717) is 0 Å². The summed E-state index contributed by atoms with van der Waals surface area (Å²) >= 11 is 8.21. The molecule has 7 heteroatoms. The average Bonchev–Trinajstić information content (AvgIpc) is 2.38. The van der Waals surface area contributed by atoms with Gasteiger partial charge in [0.15, 0.2) is 5.85 Å². The van der Waals surface area contributed by atoms with Crippen molar-refractivity contribution in [2.24, 2.45) is 0 Å². The van der Waals surface area contributed by atoms with Crippen LogP contribution in [0.15, 0.2) is 30.3 Å². The van der Waals surface area contributed by atoms with Crippen LogP contribution in [0.5, 0.6) is 0 Å². The SMILES string of the molecule is COP(=O)(OC)[C@@H](O)/C=C(/Cl)c1ccc(I)cc1. The second-order valence-corrected chi connectivity index (χ2v) is 7.33. The van der Waals surface area contributed by atoms with Crippen molar-refractivity contribution in [3.05, 3.63) is 39.5 Å². The van der Waals surface area contributed by atoms with Gasteiger partial charge in [0.1, 0.15) is 0 Å². The lowest BCUT2D eigenvalue weighted by molar-refractivity contribution is 0.201. The summed E-state index contributed by atoms with van der Waals surface area (Å²) in [7, 11) is -1.15. The number of hydrogen-bond donors (Lipinski definition) is 1. The molecule has 0 saturated carbocycles. The number of aliphatic hydroxyl groups excluding tert-OH is 1. The molecule has 1 aromatic rings. The number of benzene rings is 1. The third kappa shape index (κ3) is 4.05. The molecular formula is C11H13ClIO4P. The van der Waals surface area contributed by atoms with E-state index in [4.69, 9.17) is 11.6 Å². The molecule has 1 atom stereocenters. The van der Waals surface area contributed by atoms with Crippen LogP contribution in [0.2, 0.25) is 0 Å². The van der Waals surface area contributed by atoms with Gasteiger partial charge in [-0.05, 0) is 46.4 Å². The number of aliphatic hydroxyl groups is 1. The van der Waals surface area contributed by atoms with Crippen molar-refractivity contribution in [3.8, 4) is 0 Å². The number of rotatable bonds is 5. The summed E-state index contributed by atoms with van der Waals surface area (Å²) in [6.07, 6.45) is 1.25. The van der Waals surface area contributed by atoms with Crippen LogP contribution < -0.4 is 0 Å². The lowest BCUT2D eigenvalue weighted by Crippen LogP contribution is -2.07. The molecule has 0 unspecified atom stereocenters. The number of halogens is 2. The second kappa shape index (κ2) is 7.03. The van der Waals surface area contributed by atoms with Crippen LogP contribution in [0.3, 0.4) is 0 Å². The van der Waals surface area contributed by atoms with Gasteiger partial charge in [-0.3, -0.25) is 4.57 Å². The molecule has 1 rings (SSSR count). The van der Waals surface area contributed by atoms with E-state index in [9.17, 15) is 9.67 Å². The highest BCUT2D eigenvalue weighted by molar-refractivity contribution is 14.1. The van der Waals surface area contributed by atoms with E-state index in [2.05, 4.69) is 31.6 Å². The first-order valence-corrected chi connectivity index (χ1v) is 8.02. The highest BCUT2D eigenvalue weighted by Crippen LogP contribution is 2.51. The molecule has 100 valence electrons. The van der Waals surface area contributed by atoms with Crippen molar-refractivity contribution in [2.45, 2.75) is 5.85 Å². The van der Waals surface area contributed by atoms with Crippen LogP contribution in [-0.4, -0.2) is 25.2 Å². The Labute approximate surface area is 125 Å². The van der Waals surface area contributed by atoms with Gasteiger partial charge < -0.3 is 14.2 Å². The van der Waals surface area contributed by atoms with Crippen LogP contribution in [-0.2, 0) is 13.6 Å². The van der Waals surface area contributed by atoms with E-state index < -0.39 is 13.4 Å². The summed E-state index contributed by atoms with van der Waals surface area (Å²) in [6.45, 7) is 0. The largest absolute Gasteiger partial charge is 0.377 e. The topological polar surface area (TPSA) is 55.8 Å². The van der Waals surface area contributed by atoms with Crippen LogP contribution in [0.4, 0.5) is 0 Å². The monoisotopic (exact) mass is 402 g/mol. The maximum Gasteiger partial charge on any atom is 0.362 e.